The first-order chi connectivity index (χ1) is 13.7. The molecule has 0 radical (unpaired) electrons. The van der Waals surface area contributed by atoms with E-state index >= 15 is 0 Å². The van der Waals surface area contributed by atoms with Crippen molar-refractivity contribution in [3.63, 3.8) is 0 Å². The fraction of sp³-hybridized carbons (Fsp3) is 0.0435. The van der Waals surface area contributed by atoms with Gasteiger partial charge in [0.15, 0.2) is 0 Å². The van der Waals surface area contributed by atoms with Crippen LogP contribution in [0.5, 0.6) is 0 Å². The summed E-state index contributed by atoms with van der Waals surface area (Å²) in [5.74, 6) is -0.582. The predicted octanol–water partition coefficient (Wildman–Crippen LogP) is 5.55. The van der Waals surface area contributed by atoms with Gasteiger partial charge in [-0.25, -0.2) is 9.37 Å². The van der Waals surface area contributed by atoms with E-state index in [4.69, 9.17) is 4.98 Å². The van der Waals surface area contributed by atoms with E-state index in [9.17, 15) is 9.18 Å². The van der Waals surface area contributed by atoms with Gasteiger partial charge in [-0.2, -0.15) is 0 Å². The Balaban J connectivity index is 1.41. The molecule has 0 bridgehead atoms. The van der Waals surface area contributed by atoms with Crippen molar-refractivity contribution in [3.8, 4) is 21.8 Å². The summed E-state index contributed by atoms with van der Waals surface area (Å²) in [6.07, 6.45) is 0. The maximum atomic E-state index is 12.9. The van der Waals surface area contributed by atoms with Crippen molar-refractivity contribution in [2.45, 2.75) is 6.54 Å². The second-order valence-corrected chi connectivity index (χ2v) is 7.15. The standard InChI is InChI=1S/C23H17FN2OS/c24-20-12-10-18(11-13-20)22(27)25-14-16-6-8-19(9-7-16)23-26-21(15-28-23)17-4-2-1-3-5-17/h1-13,15H,14H2,(H,25,27). The summed E-state index contributed by atoms with van der Waals surface area (Å²) >= 11 is 1.61. The molecular weight excluding hydrogens is 371 g/mol. The molecule has 0 saturated carbocycles. The van der Waals surface area contributed by atoms with Crippen molar-refractivity contribution in [1.82, 2.24) is 10.3 Å². The van der Waals surface area contributed by atoms with Crippen LogP contribution in [-0.4, -0.2) is 10.9 Å². The number of rotatable bonds is 5. The SMILES string of the molecule is O=C(NCc1ccc(-c2nc(-c3ccccc3)cs2)cc1)c1ccc(F)cc1. The van der Waals surface area contributed by atoms with Gasteiger partial charge in [0, 0.05) is 28.6 Å². The number of halogens is 1. The highest BCUT2D eigenvalue weighted by Gasteiger charge is 2.08. The number of hydrogen-bond acceptors (Lipinski definition) is 3. The highest BCUT2D eigenvalue weighted by Crippen LogP contribution is 2.28. The van der Waals surface area contributed by atoms with E-state index in [1.165, 1.54) is 24.3 Å². The lowest BCUT2D eigenvalue weighted by Gasteiger charge is -2.06. The number of nitrogens with one attached hydrogen (secondary N) is 1. The van der Waals surface area contributed by atoms with Crippen LogP contribution in [0.3, 0.4) is 0 Å². The minimum Gasteiger partial charge on any atom is -0.348 e. The molecule has 28 heavy (non-hydrogen) atoms. The highest BCUT2D eigenvalue weighted by molar-refractivity contribution is 7.13. The van der Waals surface area contributed by atoms with E-state index in [1.54, 1.807) is 11.3 Å². The molecule has 1 N–H and O–H groups in total. The van der Waals surface area contributed by atoms with Gasteiger partial charge in [0.25, 0.3) is 5.91 Å². The van der Waals surface area contributed by atoms with Gasteiger partial charge in [0.1, 0.15) is 10.8 Å². The highest BCUT2D eigenvalue weighted by atomic mass is 32.1. The molecule has 0 atom stereocenters. The van der Waals surface area contributed by atoms with Gasteiger partial charge in [-0.15, -0.1) is 11.3 Å². The maximum Gasteiger partial charge on any atom is 0.251 e. The molecule has 138 valence electrons. The Morgan fingerprint density at radius 2 is 1.61 bits per heavy atom. The summed E-state index contributed by atoms with van der Waals surface area (Å²) in [6.45, 7) is 0.406. The zero-order valence-electron chi connectivity index (χ0n) is 14.9. The summed E-state index contributed by atoms with van der Waals surface area (Å²) in [6, 6.07) is 23.6. The topological polar surface area (TPSA) is 42.0 Å². The first kappa shape index (κ1) is 18.1. The first-order valence-electron chi connectivity index (χ1n) is 8.83. The second-order valence-electron chi connectivity index (χ2n) is 6.29. The lowest BCUT2D eigenvalue weighted by atomic mass is 10.1. The van der Waals surface area contributed by atoms with Crippen LogP contribution in [0.4, 0.5) is 4.39 Å². The Kier molecular flexibility index (Phi) is 5.26. The third-order valence-corrected chi connectivity index (χ3v) is 5.23. The molecule has 1 amide bonds. The molecule has 0 fully saturated rings. The van der Waals surface area contributed by atoms with Crippen LogP contribution in [0.25, 0.3) is 21.8 Å². The monoisotopic (exact) mass is 388 g/mol. The fourth-order valence-corrected chi connectivity index (χ4v) is 3.63. The van der Waals surface area contributed by atoms with E-state index in [-0.39, 0.29) is 11.7 Å². The molecule has 0 aliphatic heterocycles. The van der Waals surface area contributed by atoms with Gasteiger partial charge >= 0.3 is 0 Å². The molecule has 1 heterocycles. The van der Waals surface area contributed by atoms with Crippen molar-refractivity contribution < 1.29 is 9.18 Å². The fourth-order valence-electron chi connectivity index (χ4n) is 2.80. The molecule has 4 rings (SSSR count). The largest absolute Gasteiger partial charge is 0.348 e. The van der Waals surface area contributed by atoms with Crippen LogP contribution >= 0.6 is 11.3 Å². The Morgan fingerprint density at radius 1 is 0.893 bits per heavy atom. The third-order valence-electron chi connectivity index (χ3n) is 4.33. The summed E-state index contributed by atoms with van der Waals surface area (Å²) in [7, 11) is 0. The van der Waals surface area contributed by atoms with Crippen LogP contribution in [0.15, 0.2) is 84.2 Å². The predicted molar refractivity (Wildman–Crippen MR) is 111 cm³/mol. The van der Waals surface area contributed by atoms with E-state index in [0.29, 0.717) is 12.1 Å². The van der Waals surface area contributed by atoms with Crippen molar-refractivity contribution in [2.24, 2.45) is 0 Å². The quantitative estimate of drug-likeness (QED) is 0.487. The van der Waals surface area contributed by atoms with Crippen molar-refractivity contribution in [2.75, 3.05) is 0 Å². The summed E-state index contributed by atoms with van der Waals surface area (Å²) in [5.41, 5.74) is 4.54. The third kappa shape index (κ3) is 4.15. The van der Waals surface area contributed by atoms with Gasteiger partial charge in [0.05, 0.1) is 5.69 Å². The number of amides is 1. The summed E-state index contributed by atoms with van der Waals surface area (Å²) in [5, 5.41) is 5.86. The van der Waals surface area contributed by atoms with Gasteiger partial charge in [-0.3, -0.25) is 4.79 Å². The average Bonchev–Trinajstić information content (AvgIpc) is 3.24. The molecule has 0 unspecified atom stereocenters. The molecule has 1 aromatic heterocycles. The van der Waals surface area contributed by atoms with Gasteiger partial charge in [-0.05, 0) is 29.8 Å². The lowest BCUT2D eigenvalue weighted by molar-refractivity contribution is 0.0951. The molecule has 0 saturated heterocycles. The van der Waals surface area contributed by atoms with Crippen LogP contribution in [-0.2, 0) is 6.54 Å². The van der Waals surface area contributed by atoms with Crippen LogP contribution in [0, 0.1) is 5.82 Å². The van der Waals surface area contributed by atoms with Crippen molar-refractivity contribution >= 4 is 17.2 Å². The van der Waals surface area contributed by atoms with E-state index < -0.39 is 0 Å². The number of aromatic nitrogens is 1. The molecule has 0 spiro atoms. The Labute approximate surface area is 166 Å². The van der Waals surface area contributed by atoms with Crippen molar-refractivity contribution in [1.29, 1.82) is 0 Å². The maximum absolute atomic E-state index is 12.9. The normalized spacial score (nSPS) is 10.6. The zero-order chi connectivity index (χ0) is 19.3. The first-order valence-corrected chi connectivity index (χ1v) is 9.71. The number of carbonyl (C=O) groups excluding carboxylic acids is 1. The van der Waals surface area contributed by atoms with Crippen LogP contribution in [0.1, 0.15) is 15.9 Å². The van der Waals surface area contributed by atoms with E-state index in [0.717, 1.165) is 27.4 Å². The number of nitrogens with zero attached hydrogens (tertiary/aromatic N) is 1. The van der Waals surface area contributed by atoms with Gasteiger partial charge in [0.2, 0.25) is 0 Å². The second kappa shape index (κ2) is 8.15. The Hall–Kier alpha value is -3.31. The number of carbonyl (C=O) groups is 1. The summed E-state index contributed by atoms with van der Waals surface area (Å²) in [4.78, 5) is 16.8. The van der Waals surface area contributed by atoms with Crippen LogP contribution in [0.2, 0.25) is 0 Å². The molecule has 5 heteroatoms. The zero-order valence-corrected chi connectivity index (χ0v) is 15.7. The minimum atomic E-state index is -0.357. The Morgan fingerprint density at radius 3 is 2.32 bits per heavy atom. The van der Waals surface area contributed by atoms with Gasteiger partial charge < -0.3 is 5.32 Å². The Bertz CT molecular complexity index is 1070. The van der Waals surface area contributed by atoms with Gasteiger partial charge in [-0.1, -0.05) is 54.6 Å². The molecule has 3 aromatic carbocycles. The van der Waals surface area contributed by atoms with Crippen molar-refractivity contribution in [3.05, 3.63) is 101 Å². The van der Waals surface area contributed by atoms with E-state index in [2.05, 4.69) is 10.7 Å². The number of benzene rings is 3. The molecular formula is C23H17FN2OS. The molecule has 0 aliphatic rings. The molecule has 0 aliphatic carbocycles. The molecule has 4 aromatic rings. The smallest absolute Gasteiger partial charge is 0.251 e. The number of hydrogen-bond donors (Lipinski definition) is 1. The minimum absolute atomic E-state index is 0.225. The van der Waals surface area contributed by atoms with Crippen LogP contribution < -0.4 is 5.32 Å². The lowest BCUT2D eigenvalue weighted by Crippen LogP contribution is -2.22. The molecule has 3 nitrogen and oxygen atoms in total. The average molecular weight is 388 g/mol. The number of thiazole rings is 1. The summed E-state index contributed by atoms with van der Waals surface area (Å²) < 4.78 is 12.9. The van der Waals surface area contributed by atoms with E-state index in [1.807, 2.05) is 54.6 Å².